The first kappa shape index (κ1) is 15.5. The average molecular weight is 325 g/mol. The van der Waals surface area contributed by atoms with Gasteiger partial charge in [-0.2, -0.15) is 0 Å². The zero-order valence-electron chi connectivity index (χ0n) is 11.5. The molecule has 2 rings (SSSR count). The molecule has 0 bridgehead atoms. The minimum atomic E-state index is -0.311. The van der Waals surface area contributed by atoms with Gasteiger partial charge in [-0.25, -0.2) is 0 Å². The Hall–Kier alpha value is -1.91. The Morgan fingerprint density at radius 2 is 1.81 bits per heavy atom. The second-order valence-corrected chi connectivity index (χ2v) is 5.32. The van der Waals surface area contributed by atoms with Crippen molar-refractivity contribution in [3.8, 4) is 5.75 Å². The van der Waals surface area contributed by atoms with E-state index in [0.717, 1.165) is 5.56 Å². The van der Waals surface area contributed by atoms with Crippen molar-refractivity contribution in [3.63, 3.8) is 0 Å². The van der Waals surface area contributed by atoms with Gasteiger partial charge >= 0.3 is 0 Å². The molecular weight excluding hydrogens is 311 g/mol. The van der Waals surface area contributed by atoms with Crippen LogP contribution >= 0.6 is 23.2 Å². The average Bonchev–Trinajstić information content (AvgIpc) is 2.41. The third-order valence-electron chi connectivity index (χ3n) is 2.96. The number of methoxy groups -OCH3 is 1. The molecule has 6 heteroatoms. The fourth-order valence-corrected chi connectivity index (χ4v) is 2.55. The Morgan fingerprint density at radius 3 is 2.33 bits per heavy atom. The molecule has 0 atom stereocenters. The fraction of sp³-hybridized carbons (Fsp3) is 0.133. The van der Waals surface area contributed by atoms with Crippen molar-refractivity contribution in [1.29, 1.82) is 0 Å². The lowest BCUT2D eigenvalue weighted by Gasteiger charge is -2.11. The Kier molecular flexibility index (Phi) is 4.60. The van der Waals surface area contributed by atoms with Gasteiger partial charge in [-0.15, -0.1) is 0 Å². The number of nitrogens with two attached hydrogens (primary N) is 1. The van der Waals surface area contributed by atoms with E-state index in [1.54, 1.807) is 18.2 Å². The number of halogens is 2. The zero-order valence-corrected chi connectivity index (χ0v) is 13.0. The van der Waals surface area contributed by atoms with Crippen molar-refractivity contribution in [2.45, 2.75) is 6.92 Å². The number of carbonyl (C=O) groups excluding carboxylic acids is 1. The number of rotatable bonds is 3. The van der Waals surface area contributed by atoms with Crippen molar-refractivity contribution in [3.05, 3.63) is 51.5 Å². The number of benzene rings is 2. The van der Waals surface area contributed by atoms with Gasteiger partial charge in [0.05, 0.1) is 17.2 Å². The quantitative estimate of drug-likeness (QED) is 0.834. The van der Waals surface area contributed by atoms with E-state index in [1.165, 1.54) is 19.2 Å². The van der Waals surface area contributed by atoms with E-state index in [4.69, 9.17) is 33.7 Å². The number of carbonyl (C=O) groups is 1. The molecule has 0 spiro atoms. The van der Waals surface area contributed by atoms with Gasteiger partial charge in [-0.05, 0) is 42.8 Å². The van der Waals surface area contributed by atoms with Crippen LogP contribution in [-0.2, 0) is 0 Å². The lowest BCUT2D eigenvalue weighted by atomic mass is 10.1. The largest absolute Gasteiger partial charge is 0.494 e. The van der Waals surface area contributed by atoms with E-state index in [1.807, 2.05) is 6.92 Å². The second kappa shape index (κ2) is 6.24. The second-order valence-electron chi connectivity index (χ2n) is 4.50. The van der Waals surface area contributed by atoms with Crippen molar-refractivity contribution in [2.75, 3.05) is 18.2 Å². The lowest BCUT2D eigenvalue weighted by molar-refractivity contribution is 0.102. The predicted octanol–water partition coefficient (Wildman–Crippen LogP) is 4.14. The number of nitrogens with one attached hydrogen (secondary N) is 1. The molecule has 0 fully saturated rings. The molecule has 2 aromatic rings. The van der Waals surface area contributed by atoms with Gasteiger partial charge in [0.25, 0.3) is 5.91 Å². The van der Waals surface area contributed by atoms with E-state index >= 15 is 0 Å². The van der Waals surface area contributed by atoms with Gasteiger partial charge in [0.2, 0.25) is 0 Å². The molecule has 110 valence electrons. The van der Waals surface area contributed by atoms with Gasteiger partial charge in [0, 0.05) is 16.9 Å². The summed E-state index contributed by atoms with van der Waals surface area (Å²) < 4.78 is 5.05. The molecule has 0 aliphatic carbocycles. The van der Waals surface area contributed by atoms with Gasteiger partial charge in [0.15, 0.2) is 5.75 Å². The van der Waals surface area contributed by atoms with Crippen LogP contribution in [-0.4, -0.2) is 13.0 Å². The van der Waals surface area contributed by atoms with Gasteiger partial charge in [-0.3, -0.25) is 4.79 Å². The normalized spacial score (nSPS) is 10.3. The van der Waals surface area contributed by atoms with Crippen LogP contribution in [0.2, 0.25) is 10.0 Å². The summed E-state index contributed by atoms with van der Waals surface area (Å²) >= 11 is 12.1. The van der Waals surface area contributed by atoms with Crippen LogP contribution in [0.4, 0.5) is 11.4 Å². The Morgan fingerprint density at radius 1 is 1.19 bits per heavy atom. The van der Waals surface area contributed by atoms with Crippen molar-refractivity contribution in [1.82, 2.24) is 0 Å². The smallest absolute Gasteiger partial charge is 0.255 e. The maximum absolute atomic E-state index is 12.3. The maximum Gasteiger partial charge on any atom is 0.255 e. The van der Waals surface area contributed by atoms with Crippen molar-refractivity contribution >= 4 is 40.5 Å². The first-order valence-electron chi connectivity index (χ1n) is 6.13. The van der Waals surface area contributed by atoms with E-state index in [0.29, 0.717) is 22.7 Å². The highest BCUT2D eigenvalue weighted by Gasteiger charge is 2.14. The van der Waals surface area contributed by atoms with Gasteiger partial charge in [-0.1, -0.05) is 23.2 Å². The molecule has 0 aliphatic rings. The van der Waals surface area contributed by atoms with Crippen LogP contribution in [0.3, 0.4) is 0 Å². The van der Waals surface area contributed by atoms with Crippen LogP contribution < -0.4 is 15.8 Å². The van der Waals surface area contributed by atoms with Gasteiger partial charge < -0.3 is 15.8 Å². The van der Waals surface area contributed by atoms with Crippen LogP contribution in [0.15, 0.2) is 30.3 Å². The van der Waals surface area contributed by atoms with E-state index < -0.39 is 0 Å². The summed E-state index contributed by atoms with van der Waals surface area (Å²) in [7, 11) is 1.46. The molecule has 0 saturated carbocycles. The number of hydrogen-bond donors (Lipinski definition) is 2. The van der Waals surface area contributed by atoms with Crippen LogP contribution in [0, 0.1) is 6.92 Å². The highest BCUT2D eigenvalue weighted by molar-refractivity contribution is 6.37. The molecule has 21 heavy (non-hydrogen) atoms. The summed E-state index contributed by atoms with van der Waals surface area (Å²) in [4.78, 5) is 12.3. The predicted molar refractivity (Wildman–Crippen MR) is 86.6 cm³/mol. The molecule has 1 amide bonds. The molecule has 0 unspecified atom stereocenters. The van der Waals surface area contributed by atoms with Gasteiger partial charge in [0.1, 0.15) is 0 Å². The molecule has 0 aliphatic heterocycles. The Balaban J connectivity index is 2.28. The van der Waals surface area contributed by atoms with Crippen LogP contribution in [0.5, 0.6) is 5.75 Å². The highest BCUT2D eigenvalue weighted by atomic mass is 35.5. The molecule has 3 N–H and O–H groups in total. The summed E-state index contributed by atoms with van der Waals surface area (Å²) in [6, 6.07) is 8.26. The summed E-state index contributed by atoms with van der Waals surface area (Å²) in [6.45, 7) is 1.86. The number of aryl methyl sites for hydroxylation is 1. The topological polar surface area (TPSA) is 64.3 Å². The van der Waals surface area contributed by atoms with Crippen LogP contribution in [0.25, 0.3) is 0 Å². The van der Waals surface area contributed by atoms with Crippen molar-refractivity contribution in [2.24, 2.45) is 0 Å². The molecule has 0 heterocycles. The number of hydrogen-bond acceptors (Lipinski definition) is 3. The number of anilines is 2. The Labute approximate surface area is 132 Å². The molecule has 0 radical (unpaired) electrons. The lowest BCUT2D eigenvalue weighted by Crippen LogP contribution is -2.13. The van der Waals surface area contributed by atoms with E-state index in [-0.39, 0.29) is 16.0 Å². The monoisotopic (exact) mass is 324 g/mol. The van der Waals surface area contributed by atoms with Crippen molar-refractivity contribution < 1.29 is 9.53 Å². The third kappa shape index (κ3) is 3.40. The summed E-state index contributed by atoms with van der Waals surface area (Å²) in [5, 5.41) is 3.36. The Bertz CT molecular complexity index is 679. The standard InChI is InChI=1S/C15H14Cl2N2O2/c1-8-5-10(18)3-4-13(8)19-15(20)9-6-11(16)14(21-2)12(17)7-9/h3-7H,18H2,1-2H3,(H,19,20). The summed E-state index contributed by atoms with van der Waals surface area (Å²) in [6.07, 6.45) is 0. The molecule has 0 saturated heterocycles. The third-order valence-corrected chi connectivity index (χ3v) is 3.52. The summed E-state index contributed by atoms with van der Waals surface area (Å²) in [5.74, 6) is 0.0351. The molecule has 0 aromatic heterocycles. The number of nitrogen functional groups attached to an aromatic ring is 1. The first-order valence-corrected chi connectivity index (χ1v) is 6.88. The minimum absolute atomic E-state index is 0.282. The van der Waals surface area contributed by atoms with Crippen LogP contribution in [0.1, 0.15) is 15.9 Å². The summed E-state index contributed by atoms with van der Waals surface area (Å²) in [5.41, 5.74) is 8.22. The molecular formula is C15H14Cl2N2O2. The molecule has 4 nitrogen and oxygen atoms in total. The SMILES string of the molecule is COc1c(Cl)cc(C(=O)Nc2ccc(N)cc2C)cc1Cl. The maximum atomic E-state index is 12.3. The first-order chi connectivity index (χ1) is 9.92. The zero-order chi connectivity index (χ0) is 15.6. The highest BCUT2D eigenvalue weighted by Crippen LogP contribution is 2.34. The fourth-order valence-electron chi connectivity index (χ4n) is 1.91. The minimum Gasteiger partial charge on any atom is -0.494 e. The van der Waals surface area contributed by atoms with E-state index in [2.05, 4.69) is 5.32 Å². The number of ether oxygens (including phenoxy) is 1. The molecule has 2 aromatic carbocycles. The number of amides is 1. The van der Waals surface area contributed by atoms with E-state index in [9.17, 15) is 4.79 Å².